The van der Waals surface area contributed by atoms with Gasteiger partial charge in [-0.3, -0.25) is 4.98 Å². The highest BCUT2D eigenvalue weighted by molar-refractivity contribution is 6.30. The molecule has 4 rings (SSSR count). The Labute approximate surface area is 154 Å². The first-order valence-electron chi connectivity index (χ1n) is 8.01. The maximum Gasteiger partial charge on any atom is 0.335 e. The number of rotatable bonds is 4. The third kappa shape index (κ3) is 3.05. The predicted octanol–water partition coefficient (Wildman–Crippen LogP) is 4.50. The molecule has 0 aliphatic rings. The number of aromatic carboxylic acids is 1. The molecule has 0 spiro atoms. The lowest BCUT2D eigenvalue weighted by Crippen LogP contribution is -2.04. The number of carboxylic acid groups (broad SMARTS) is 1. The van der Waals surface area contributed by atoms with Gasteiger partial charge in [0.25, 0.3) is 0 Å². The zero-order chi connectivity index (χ0) is 18.1. The zero-order valence-corrected chi connectivity index (χ0v) is 14.4. The van der Waals surface area contributed by atoms with E-state index in [1.54, 1.807) is 6.07 Å². The van der Waals surface area contributed by atoms with Crippen LogP contribution in [0.25, 0.3) is 22.6 Å². The number of benzene rings is 2. The predicted molar refractivity (Wildman–Crippen MR) is 100 cm³/mol. The van der Waals surface area contributed by atoms with Gasteiger partial charge in [-0.1, -0.05) is 35.9 Å². The largest absolute Gasteiger partial charge is 0.478 e. The van der Waals surface area contributed by atoms with Crippen molar-refractivity contribution in [3.63, 3.8) is 0 Å². The maximum absolute atomic E-state index is 11.3. The van der Waals surface area contributed by atoms with Gasteiger partial charge in [0.2, 0.25) is 0 Å². The highest BCUT2D eigenvalue weighted by atomic mass is 35.5. The molecule has 6 heteroatoms. The van der Waals surface area contributed by atoms with Crippen molar-refractivity contribution in [2.45, 2.75) is 6.54 Å². The van der Waals surface area contributed by atoms with Gasteiger partial charge in [0, 0.05) is 17.8 Å². The van der Waals surface area contributed by atoms with Crippen molar-refractivity contribution in [3.8, 4) is 11.5 Å². The van der Waals surface area contributed by atoms with Crippen LogP contribution in [0, 0.1) is 0 Å². The third-order valence-corrected chi connectivity index (χ3v) is 4.40. The van der Waals surface area contributed by atoms with E-state index in [9.17, 15) is 9.90 Å². The summed E-state index contributed by atoms with van der Waals surface area (Å²) in [6, 6.07) is 18.4. The summed E-state index contributed by atoms with van der Waals surface area (Å²) in [4.78, 5) is 20.3. The van der Waals surface area contributed by atoms with Gasteiger partial charge in [-0.15, -0.1) is 0 Å². The number of carbonyl (C=O) groups is 1. The smallest absolute Gasteiger partial charge is 0.335 e. The topological polar surface area (TPSA) is 68.0 Å². The number of hydrogen-bond acceptors (Lipinski definition) is 3. The second-order valence-electron chi connectivity index (χ2n) is 5.87. The molecule has 128 valence electrons. The molecule has 1 N–H and O–H groups in total. The third-order valence-electron chi connectivity index (χ3n) is 4.14. The van der Waals surface area contributed by atoms with Crippen LogP contribution in [0.3, 0.4) is 0 Å². The van der Waals surface area contributed by atoms with Crippen LogP contribution in [0.1, 0.15) is 15.9 Å². The maximum atomic E-state index is 11.3. The first-order valence-corrected chi connectivity index (χ1v) is 8.39. The van der Waals surface area contributed by atoms with E-state index in [0.717, 1.165) is 16.6 Å². The van der Waals surface area contributed by atoms with Crippen molar-refractivity contribution in [3.05, 3.63) is 83.0 Å². The summed E-state index contributed by atoms with van der Waals surface area (Å²) in [6.45, 7) is 0.575. The highest BCUT2D eigenvalue weighted by Crippen LogP contribution is 2.25. The molecule has 0 atom stereocenters. The molecule has 2 aromatic carbocycles. The summed E-state index contributed by atoms with van der Waals surface area (Å²) in [5.41, 5.74) is 3.56. The molecule has 26 heavy (non-hydrogen) atoms. The van der Waals surface area contributed by atoms with Gasteiger partial charge in [-0.25, -0.2) is 9.78 Å². The molecule has 0 amide bonds. The van der Waals surface area contributed by atoms with Gasteiger partial charge in [-0.2, -0.15) is 0 Å². The Kier molecular flexibility index (Phi) is 4.14. The van der Waals surface area contributed by atoms with Crippen LogP contribution in [-0.4, -0.2) is 25.6 Å². The van der Waals surface area contributed by atoms with E-state index < -0.39 is 5.97 Å². The van der Waals surface area contributed by atoms with Gasteiger partial charge < -0.3 is 9.67 Å². The number of pyridine rings is 1. The lowest BCUT2D eigenvalue weighted by molar-refractivity contribution is 0.0697. The molecule has 0 saturated carbocycles. The minimum atomic E-state index is -0.992. The van der Waals surface area contributed by atoms with E-state index in [-0.39, 0.29) is 5.56 Å². The van der Waals surface area contributed by atoms with Crippen molar-refractivity contribution in [2.24, 2.45) is 0 Å². The van der Waals surface area contributed by atoms with E-state index in [2.05, 4.69) is 9.97 Å². The number of halogens is 1. The Balaban J connectivity index is 1.87. The lowest BCUT2D eigenvalue weighted by atomic mass is 10.2. The van der Waals surface area contributed by atoms with Crippen molar-refractivity contribution in [2.75, 3.05) is 0 Å². The quantitative estimate of drug-likeness (QED) is 0.579. The van der Waals surface area contributed by atoms with Crippen molar-refractivity contribution >= 4 is 28.6 Å². The van der Waals surface area contributed by atoms with E-state index in [0.29, 0.717) is 23.1 Å². The van der Waals surface area contributed by atoms with Gasteiger partial charge in [-0.05, 0) is 42.0 Å². The lowest BCUT2D eigenvalue weighted by Gasteiger charge is -2.10. The normalized spacial score (nSPS) is 11.0. The molecule has 0 aliphatic carbocycles. The molecule has 0 unspecified atom stereocenters. The second kappa shape index (κ2) is 6.61. The first-order chi connectivity index (χ1) is 12.6. The SMILES string of the molecule is O=C(O)c1ccnc(-c2nc3ccccc3n2Cc2ccc(Cl)cc2)c1. The summed E-state index contributed by atoms with van der Waals surface area (Å²) in [5, 5.41) is 9.94. The standard InChI is InChI=1S/C20H14ClN3O2/c21-15-7-5-13(6-8-15)12-24-18-4-2-1-3-16(18)23-19(24)17-11-14(20(25)26)9-10-22-17/h1-11H,12H2,(H,25,26). The molecule has 2 aromatic heterocycles. The van der Waals surface area contributed by atoms with Crippen LogP contribution < -0.4 is 0 Å². The number of fused-ring (bicyclic) bond motifs is 1. The molecular formula is C20H14ClN3O2. The van der Waals surface area contributed by atoms with Crippen LogP contribution in [-0.2, 0) is 6.54 Å². The van der Waals surface area contributed by atoms with Crippen LogP contribution in [0.5, 0.6) is 0 Å². The van der Waals surface area contributed by atoms with Crippen LogP contribution in [0.4, 0.5) is 0 Å². The molecular weight excluding hydrogens is 350 g/mol. The number of hydrogen-bond donors (Lipinski definition) is 1. The minimum Gasteiger partial charge on any atom is -0.478 e. The molecule has 4 aromatic rings. The van der Waals surface area contributed by atoms with E-state index in [1.807, 2.05) is 53.1 Å². The van der Waals surface area contributed by atoms with E-state index in [1.165, 1.54) is 12.3 Å². The van der Waals surface area contributed by atoms with Crippen LogP contribution in [0.2, 0.25) is 5.02 Å². The molecule has 0 radical (unpaired) electrons. The summed E-state index contributed by atoms with van der Waals surface area (Å²) in [7, 11) is 0. The van der Waals surface area contributed by atoms with Crippen molar-refractivity contribution in [1.29, 1.82) is 0 Å². The number of carboxylic acids is 1. The van der Waals surface area contributed by atoms with E-state index >= 15 is 0 Å². The Morgan fingerprint density at radius 2 is 1.85 bits per heavy atom. The average Bonchev–Trinajstić information content (AvgIpc) is 3.02. The Bertz CT molecular complexity index is 1100. The number of nitrogens with zero attached hydrogens (tertiary/aromatic N) is 3. The Morgan fingerprint density at radius 1 is 1.08 bits per heavy atom. The monoisotopic (exact) mass is 363 g/mol. The molecule has 2 heterocycles. The van der Waals surface area contributed by atoms with Gasteiger partial charge in [0.15, 0.2) is 5.82 Å². The fourth-order valence-electron chi connectivity index (χ4n) is 2.89. The second-order valence-corrected chi connectivity index (χ2v) is 6.31. The summed E-state index contributed by atoms with van der Waals surface area (Å²) >= 11 is 5.98. The minimum absolute atomic E-state index is 0.181. The summed E-state index contributed by atoms with van der Waals surface area (Å²) < 4.78 is 2.03. The molecule has 5 nitrogen and oxygen atoms in total. The van der Waals surface area contributed by atoms with Gasteiger partial charge >= 0.3 is 5.97 Å². The highest BCUT2D eigenvalue weighted by Gasteiger charge is 2.15. The van der Waals surface area contributed by atoms with E-state index in [4.69, 9.17) is 11.6 Å². The summed E-state index contributed by atoms with van der Waals surface area (Å²) in [5.74, 6) is -0.363. The zero-order valence-electron chi connectivity index (χ0n) is 13.6. The van der Waals surface area contributed by atoms with Crippen LogP contribution >= 0.6 is 11.6 Å². The van der Waals surface area contributed by atoms with Crippen molar-refractivity contribution in [1.82, 2.24) is 14.5 Å². The average molecular weight is 364 g/mol. The Morgan fingerprint density at radius 3 is 2.62 bits per heavy atom. The number of imidazole rings is 1. The summed E-state index contributed by atoms with van der Waals surface area (Å²) in [6.07, 6.45) is 1.49. The fourth-order valence-corrected chi connectivity index (χ4v) is 3.02. The molecule has 0 bridgehead atoms. The fraction of sp³-hybridized carbons (Fsp3) is 0.0500. The van der Waals surface area contributed by atoms with Crippen LogP contribution in [0.15, 0.2) is 66.9 Å². The van der Waals surface area contributed by atoms with Crippen molar-refractivity contribution < 1.29 is 9.90 Å². The number of para-hydroxylation sites is 2. The molecule has 0 saturated heterocycles. The molecule has 0 fully saturated rings. The molecule has 0 aliphatic heterocycles. The Hall–Kier alpha value is -3.18. The van der Waals surface area contributed by atoms with Gasteiger partial charge in [0.05, 0.1) is 16.6 Å². The van der Waals surface area contributed by atoms with Gasteiger partial charge in [0.1, 0.15) is 5.69 Å². The number of aromatic nitrogens is 3. The first kappa shape index (κ1) is 16.3.